The van der Waals surface area contributed by atoms with E-state index in [1.54, 1.807) is 12.4 Å². The number of benzene rings is 2. The van der Waals surface area contributed by atoms with Crippen LogP contribution < -0.4 is 10.1 Å². The zero-order valence-corrected chi connectivity index (χ0v) is 18.6. The summed E-state index contributed by atoms with van der Waals surface area (Å²) >= 11 is 1.38. The summed E-state index contributed by atoms with van der Waals surface area (Å²) in [6.45, 7) is 4.58. The second-order valence-corrected chi connectivity index (χ2v) is 8.28. The van der Waals surface area contributed by atoms with E-state index in [-0.39, 0.29) is 11.2 Å². The third kappa shape index (κ3) is 5.15. The van der Waals surface area contributed by atoms with E-state index >= 15 is 0 Å². The fourth-order valence-corrected chi connectivity index (χ4v) is 3.97. The van der Waals surface area contributed by atoms with Crippen molar-refractivity contribution >= 4 is 23.4 Å². The highest BCUT2D eigenvalue weighted by Crippen LogP contribution is 2.28. The van der Waals surface area contributed by atoms with Crippen molar-refractivity contribution in [1.82, 2.24) is 19.7 Å². The largest absolute Gasteiger partial charge is 0.457 e. The lowest BCUT2D eigenvalue weighted by Crippen LogP contribution is -2.22. The first kappa shape index (κ1) is 21.6. The van der Waals surface area contributed by atoms with Crippen LogP contribution in [0.15, 0.2) is 84.3 Å². The molecule has 8 heteroatoms. The predicted octanol–water partition coefficient (Wildman–Crippen LogP) is 5.27. The van der Waals surface area contributed by atoms with Gasteiger partial charge in [-0.2, -0.15) is 0 Å². The Bertz CT molecular complexity index is 1160. The Labute approximate surface area is 190 Å². The van der Waals surface area contributed by atoms with Crippen LogP contribution in [0, 0.1) is 0 Å². The number of aromatic nitrogens is 4. The van der Waals surface area contributed by atoms with E-state index in [1.807, 2.05) is 85.1 Å². The molecule has 1 N–H and O–H groups in total. The number of amides is 1. The fraction of sp³-hybridized carbons (Fsp3) is 0.167. The molecular formula is C24H23N5O2S. The second kappa shape index (κ2) is 10.1. The van der Waals surface area contributed by atoms with Gasteiger partial charge in [-0.15, -0.1) is 10.2 Å². The summed E-state index contributed by atoms with van der Waals surface area (Å²) in [5, 5.41) is 11.9. The minimum absolute atomic E-state index is 0.108. The van der Waals surface area contributed by atoms with Crippen LogP contribution in [-0.4, -0.2) is 30.9 Å². The van der Waals surface area contributed by atoms with Crippen molar-refractivity contribution in [2.75, 3.05) is 5.32 Å². The molecule has 0 bridgehead atoms. The summed E-state index contributed by atoms with van der Waals surface area (Å²) in [6, 6.07) is 20.7. The normalized spacial score (nSPS) is 11.7. The molecule has 0 saturated carbocycles. The first-order valence-corrected chi connectivity index (χ1v) is 11.2. The van der Waals surface area contributed by atoms with E-state index in [2.05, 4.69) is 20.5 Å². The van der Waals surface area contributed by atoms with E-state index in [1.165, 1.54) is 11.8 Å². The molecular weight excluding hydrogens is 422 g/mol. The lowest BCUT2D eigenvalue weighted by atomic mass is 10.2. The van der Waals surface area contributed by atoms with Crippen LogP contribution in [0.5, 0.6) is 11.5 Å². The van der Waals surface area contributed by atoms with Crippen molar-refractivity contribution in [2.24, 2.45) is 0 Å². The van der Waals surface area contributed by atoms with Crippen LogP contribution in [0.25, 0.3) is 11.4 Å². The van der Waals surface area contributed by atoms with Gasteiger partial charge in [-0.25, -0.2) is 0 Å². The number of anilines is 1. The van der Waals surface area contributed by atoms with Crippen molar-refractivity contribution in [3.05, 3.63) is 79.1 Å². The molecule has 0 fully saturated rings. The molecule has 4 rings (SSSR count). The number of nitrogens with one attached hydrogen (secondary N) is 1. The van der Waals surface area contributed by atoms with Gasteiger partial charge in [-0.05, 0) is 62.4 Å². The van der Waals surface area contributed by atoms with Crippen LogP contribution in [0.1, 0.15) is 13.8 Å². The number of hydrogen-bond donors (Lipinski definition) is 1. The maximum Gasteiger partial charge on any atom is 0.237 e. The molecule has 0 aliphatic rings. The number of hydrogen-bond acceptors (Lipinski definition) is 6. The van der Waals surface area contributed by atoms with Crippen molar-refractivity contribution in [3.8, 4) is 22.9 Å². The van der Waals surface area contributed by atoms with Crippen molar-refractivity contribution in [1.29, 1.82) is 0 Å². The number of rotatable bonds is 8. The van der Waals surface area contributed by atoms with Crippen LogP contribution in [0.3, 0.4) is 0 Å². The number of para-hydroxylation sites is 1. The molecule has 2 aromatic heterocycles. The Morgan fingerprint density at radius 2 is 1.69 bits per heavy atom. The lowest BCUT2D eigenvalue weighted by molar-refractivity contribution is -0.115. The van der Waals surface area contributed by atoms with E-state index in [9.17, 15) is 4.79 Å². The van der Waals surface area contributed by atoms with Gasteiger partial charge < -0.3 is 14.6 Å². The number of ether oxygens (including phenoxy) is 1. The van der Waals surface area contributed by atoms with Gasteiger partial charge in [0.05, 0.1) is 5.25 Å². The van der Waals surface area contributed by atoms with Gasteiger partial charge >= 0.3 is 0 Å². The van der Waals surface area contributed by atoms with Crippen LogP contribution in [0.4, 0.5) is 5.69 Å². The third-order valence-corrected chi connectivity index (χ3v) is 5.80. The average Bonchev–Trinajstić information content (AvgIpc) is 3.24. The van der Waals surface area contributed by atoms with Gasteiger partial charge in [-0.1, -0.05) is 30.0 Å². The monoisotopic (exact) mass is 445 g/mol. The number of carbonyl (C=O) groups excluding carboxylic acids is 1. The van der Waals surface area contributed by atoms with Crippen LogP contribution >= 0.6 is 11.8 Å². The Morgan fingerprint density at radius 1 is 1.00 bits per heavy atom. The zero-order valence-electron chi connectivity index (χ0n) is 17.8. The molecule has 1 amide bonds. The molecule has 0 radical (unpaired) electrons. The second-order valence-electron chi connectivity index (χ2n) is 6.98. The Kier molecular flexibility index (Phi) is 6.81. The van der Waals surface area contributed by atoms with Crippen molar-refractivity contribution < 1.29 is 9.53 Å². The first-order chi connectivity index (χ1) is 15.6. The summed E-state index contributed by atoms with van der Waals surface area (Å²) in [7, 11) is 0. The Morgan fingerprint density at radius 3 is 2.38 bits per heavy atom. The molecule has 0 spiro atoms. The lowest BCUT2D eigenvalue weighted by Gasteiger charge is -2.13. The average molecular weight is 446 g/mol. The van der Waals surface area contributed by atoms with E-state index in [0.29, 0.717) is 23.1 Å². The van der Waals surface area contributed by atoms with Crippen molar-refractivity contribution in [3.63, 3.8) is 0 Å². The molecule has 2 aromatic carbocycles. The maximum atomic E-state index is 12.7. The molecule has 1 atom stereocenters. The molecule has 7 nitrogen and oxygen atoms in total. The molecule has 1 unspecified atom stereocenters. The number of carbonyl (C=O) groups is 1. The first-order valence-electron chi connectivity index (χ1n) is 10.3. The van der Waals surface area contributed by atoms with Crippen LogP contribution in [-0.2, 0) is 11.3 Å². The fourth-order valence-electron chi connectivity index (χ4n) is 3.06. The summed E-state index contributed by atoms with van der Waals surface area (Å²) in [6.07, 6.45) is 3.45. The standard InChI is InChI=1S/C24H23N5O2S/c1-3-29-22(18-13-15-25-16-14-18)27-28-24(29)32-17(2)23(30)26-19-9-11-21(12-10-19)31-20-7-5-4-6-8-20/h4-17H,3H2,1-2H3,(H,26,30). The molecule has 162 valence electrons. The van der Waals surface area contributed by atoms with E-state index < -0.39 is 0 Å². The number of thioether (sulfide) groups is 1. The summed E-state index contributed by atoms with van der Waals surface area (Å²) in [5.41, 5.74) is 1.65. The smallest absolute Gasteiger partial charge is 0.237 e. The topological polar surface area (TPSA) is 81.9 Å². The third-order valence-electron chi connectivity index (χ3n) is 4.72. The number of nitrogens with zero attached hydrogens (tertiary/aromatic N) is 4. The number of pyridine rings is 1. The van der Waals surface area contributed by atoms with Crippen LogP contribution in [0.2, 0.25) is 0 Å². The summed E-state index contributed by atoms with van der Waals surface area (Å²) in [4.78, 5) is 16.8. The predicted molar refractivity (Wildman–Crippen MR) is 126 cm³/mol. The minimum atomic E-state index is -0.352. The molecule has 2 heterocycles. The highest BCUT2D eigenvalue weighted by Gasteiger charge is 2.20. The van der Waals surface area contributed by atoms with Gasteiger partial charge in [0.25, 0.3) is 0 Å². The van der Waals surface area contributed by atoms with Gasteiger partial charge in [0.15, 0.2) is 11.0 Å². The molecule has 0 aliphatic carbocycles. The Hall–Kier alpha value is -3.65. The van der Waals surface area contributed by atoms with E-state index in [4.69, 9.17) is 4.74 Å². The Balaban J connectivity index is 1.39. The summed E-state index contributed by atoms with van der Waals surface area (Å²) in [5.74, 6) is 2.12. The maximum absolute atomic E-state index is 12.7. The molecule has 32 heavy (non-hydrogen) atoms. The quantitative estimate of drug-likeness (QED) is 0.372. The van der Waals surface area contributed by atoms with Gasteiger partial charge in [0, 0.05) is 30.2 Å². The molecule has 0 saturated heterocycles. The minimum Gasteiger partial charge on any atom is -0.457 e. The molecule has 0 aliphatic heterocycles. The van der Waals surface area contributed by atoms with Gasteiger partial charge in [-0.3, -0.25) is 9.78 Å². The van der Waals surface area contributed by atoms with E-state index in [0.717, 1.165) is 17.1 Å². The van der Waals surface area contributed by atoms with Crippen molar-refractivity contribution in [2.45, 2.75) is 30.8 Å². The zero-order chi connectivity index (χ0) is 22.3. The SMILES string of the molecule is CCn1c(SC(C)C(=O)Nc2ccc(Oc3ccccc3)cc2)nnc1-c1ccncc1. The molecule has 4 aromatic rings. The highest BCUT2D eigenvalue weighted by atomic mass is 32.2. The summed E-state index contributed by atoms with van der Waals surface area (Å²) < 4.78 is 7.79. The highest BCUT2D eigenvalue weighted by molar-refractivity contribution is 8.00. The van der Waals surface area contributed by atoms with Gasteiger partial charge in [0.1, 0.15) is 11.5 Å². The van der Waals surface area contributed by atoms with Gasteiger partial charge in [0.2, 0.25) is 5.91 Å².